The van der Waals surface area contributed by atoms with Crippen LogP contribution in [0.2, 0.25) is 0 Å². The fourth-order valence-corrected chi connectivity index (χ4v) is 1.92. The maximum Gasteiger partial charge on any atom is 0.216 e. The Hall–Kier alpha value is -0.870. The van der Waals surface area contributed by atoms with Gasteiger partial charge in [-0.15, -0.1) is 11.3 Å². The quantitative estimate of drug-likeness (QED) is 0.727. The van der Waals surface area contributed by atoms with Gasteiger partial charge in [-0.1, -0.05) is 6.07 Å². The minimum atomic E-state index is 0.0237. The number of carbonyl (C=O) groups excluding carboxylic acids is 1. The Labute approximate surface area is 88.5 Å². The van der Waals surface area contributed by atoms with Gasteiger partial charge in [0.1, 0.15) is 0 Å². The Morgan fingerprint density at radius 3 is 2.93 bits per heavy atom. The molecule has 0 fully saturated rings. The van der Waals surface area contributed by atoms with Gasteiger partial charge >= 0.3 is 0 Å². The van der Waals surface area contributed by atoms with Gasteiger partial charge in [-0.05, 0) is 18.4 Å². The first-order valence-electron chi connectivity index (χ1n) is 4.71. The number of rotatable bonds is 5. The van der Waals surface area contributed by atoms with Gasteiger partial charge in [-0.2, -0.15) is 0 Å². The highest BCUT2D eigenvalue weighted by atomic mass is 32.1. The standard InChI is InChI=1S/C10H16N2OS/c1-8(10-4-3-7-14-10)11-5-6-12-9(2)13/h3-4,7-8,11H,5-6H2,1-2H3,(H,12,13)/t8-/m1/s1. The summed E-state index contributed by atoms with van der Waals surface area (Å²) in [5.41, 5.74) is 0. The Balaban J connectivity index is 2.16. The highest BCUT2D eigenvalue weighted by molar-refractivity contribution is 7.10. The second-order valence-electron chi connectivity index (χ2n) is 3.17. The summed E-state index contributed by atoms with van der Waals surface area (Å²) in [6.07, 6.45) is 0. The van der Waals surface area contributed by atoms with Crippen LogP contribution in [-0.2, 0) is 4.79 Å². The van der Waals surface area contributed by atoms with Crippen molar-refractivity contribution in [2.45, 2.75) is 19.9 Å². The van der Waals surface area contributed by atoms with Gasteiger partial charge in [0.2, 0.25) is 5.91 Å². The van der Waals surface area contributed by atoms with E-state index in [1.807, 2.05) is 6.07 Å². The molecule has 2 N–H and O–H groups in total. The van der Waals surface area contributed by atoms with E-state index in [9.17, 15) is 4.79 Å². The topological polar surface area (TPSA) is 41.1 Å². The third-order valence-corrected chi connectivity index (χ3v) is 2.97. The molecule has 0 saturated heterocycles. The van der Waals surface area contributed by atoms with E-state index in [1.54, 1.807) is 11.3 Å². The van der Waals surface area contributed by atoms with Crippen LogP contribution in [0.15, 0.2) is 17.5 Å². The smallest absolute Gasteiger partial charge is 0.216 e. The zero-order chi connectivity index (χ0) is 10.4. The molecule has 14 heavy (non-hydrogen) atoms. The highest BCUT2D eigenvalue weighted by Gasteiger charge is 2.04. The summed E-state index contributed by atoms with van der Waals surface area (Å²) >= 11 is 1.75. The minimum Gasteiger partial charge on any atom is -0.355 e. The van der Waals surface area contributed by atoms with Crippen molar-refractivity contribution < 1.29 is 4.79 Å². The Morgan fingerprint density at radius 1 is 1.57 bits per heavy atom. The average molecular weight is 212 g/mol. The lowest BCUT2D eigenvalue weighted by atomic mass is 10.3. The van der Waals surface area contributed by atoms with E-state index in [0.717, 1.165) is 6.54 Å². The lowest BCUT2D eigenvalue weighted by Crippen LogP contribution is -2.31. The summed E-state index contributed by atoms with van der Waals surface area (Å²) in [4.78, 5) is 11.9. The summed E-state index contributed by atoms with van der Waals surface area (Å²) in [7, 11) is 0. The average Bonchev–Trinajstić information content (AvgIpc) is 2.64. The first-order valence-corrected chi connectivity index (χ1v) is 5.59. The summed E-state index contributed by atoms with van der Waals surface area (Å²) < 4.78 is 0. The van der Waals surface area contributed by atoms with Crippen LogP contribution in [0, 0.1) is 0 Å². The molecular weight excluding hydrogens is 196 g/mol. The number of nitrogens with one attached hydrogen (secondary N) is 2. The first-order chi connectivity index (χ1) is 6.70. The number of carbonyl (C=O) groups is 1. The van der Waals surface area contributed by atoms with E-state index in [4.69, 9.17) is 0 Å². The molecule has 0 aromatic carbocycles. The zero-order valence-electron chi connectivity index (χ0n) is 8.54. The van der Waals surface area contributed by atoms with Crippen LogP contribution in [-0.4, -0.2) is 19.0 Å². The van der Waals surface area contributed by atoms with Crippen molar-refractivity contribution in [2.24, 2.45) is 0 Å². The van der Waals surface area contributed by atoms with Crippen molar-refractivity contribution in [3.8, 4) is 0 Å². The summed E-state index contributed by atoms with van der Waals surface area (Å²) in [5, 5.41) is 8.15. The molecule has 0 radical (unpaired) electrons. The SMILES string of the molecule is CC(=O)NCCN[C@H](C)c1cccs1. The number of amides is 1. The van der Waals surface area contributed by atoms with Crippen molar-refractivity contribution >= 4 is 17.2 Å². The van der Waals surface area contributed by atoms with E-state index < -0.39 is 0 Å². The van der Waals surface area contributed by atoms with Gasteiger partial charge in [0.15, 0.2) is 0 Å². The Kier molecular flexibility index (Phi) is 4.62. The van der Waals surface area contributed by atoms with E-state index in [2.05, 4.69) is 29.0 Å². The van der Waals surface area contributed by atoms with Crippen LogP contribution in [0.25, 0.3) is 0 Å². The van der Waals surface area contributed by atoms with Gasteiger partial charge < -0.3 is 10.6 Å². The lowest BCUT2D eigenvalue weighted by Gasteiger charge is -2.11. The van der Waals surface area contributed by atoms with Gasteiger partial charge in [0.05, 0.1) is 0 Å². The fourth-order valence-electron chi connectivity index (χ4n) is 1.17. The molecule has 78 valence electrons. The van der Waals surface area contributed by atoms with Crippen molar-refractivity contribution in [3.63, 3.8) is 0 Å². The van der Waals surface area contributed by atoms with Crippen LogP contribution in [0.1, 0.15) is 24.8 Å². The van der Waals surface area contributed by atoms with Crippen LogP contribution >= 0.6 is 11.3 Å². The second-order valence-corrected chi connectivity index (χ2v) is 4.15. The largest absolute Gasteiger partial charge is 0.355 e. The molecule has 1 rings (SSSR count). The molecule has 1 atom stereocenters. The van der Waals surface area contributed by atoms with Crippen molar-refractivity contribution in [3.05, 3.63) is 22.4 Å². The van der Waals surface area contributed by atoms with Crippen LogP contribution in [0.3, 0.4) is 0 Å². The van der Waals surface area contributed by atoms with E-state index in [1.165, 1.54) is 11.8 Å². The van der Waals surface area contributed by atoms with Gasteiger partial charge in [0.25, 0.3) is 0 Å². The van der Waals surface area contributed by atoms with Crippen LogP contribution in [0.4, 0.5) is 0 Å². The third kappa shape index (κ3) is 3.89. The van der Waals surface area contributed by atoms with Crippen molar-refractivity contribution in [1.82, 2.24) is 10.6 Å². The number of hydrogen-bond acceptors (Lipinski definition) is 3. The normalized spacial score (nSPS) is 12.4. The van der Waals surface area contributed by atoms with Gasteiger partial charge in [0, 0.05) is 30.9 Å². The predicted molar refractivity (Wildman–Crippen MR) is 59.4 cm³/mol. The van der Waals surface area contributed by atoms with Gasteiger partial charge in [-0.25, -0.2) is 0 Å². The maximum atomic E-state index is 10.6. The van der Waals surface area contributed by atoms with Gasteiger partial charge in [-0.3, -0.25) is 4.79 Å². The fraction of sp³-hybridized carbons (Fsp3) is 0.500. The Bertz CT molecular complexity index is 272. The molecular formula is C10H16N2OS. The number of hydrogen-bond donors (Lipinski definition) is 2. The Morgan fingerprint density at radius 2 is 2.36 bits per heavy atom. The number of thiophene rings is 1. The molecule has 4 heteroatoms. The summed E-state index contributed by atoms with van der Waals surface area (Å²) in [5.74, 6) is 0.0237. The highest BCUT2D eigenvalue weighted by Crippen LogP contribution is 2.17. The van der Waals surface area contributed by atoms with E-state index in [-0.39, 0.29) is 5.91 Å². The predicted octanol–water partition coefficient (Wildman–Crippen LogP) is 1.53. The molecule has 1 aromatic rings. The molecule has 1 amide bonds. The maximum absolute atomic E-state index is 10.6. The zero-order valence-corrected chi connectivity index (χ0v) is 9.36. The summed E-state index contributed by atoms with van der Waals surface area (Å²) in [6.45, 7) is 5.14. The molecule has 0 unspecified atom stereocenters. The van der Waals surface area contributed by atoms with Crippen LogP contribution in [0.5, 0.6) is 0 Å². The molecule has 0 saturated carbocycles. The minimum absolute atomic E-state index is 0.0237. The van der Waals surface area contributed by atoms with Crippen molar-refractivity contribution in [2.75, 3.05) is 13.1 Å². The lowest BCUT2D eigenvalue weighted by molar-refractivity contribution is -0.118. The van der Waals surface area contributed by atoms with E-state index >= 15 is 0 Å². The molecule has 0 aliphatic rings. The van der Waals surface area contributed by atoms with Crippen LogP contribution < -0.4 is 10.6 Å². The third-order valence-electron chi connectivity index (χ3n) is 1.92. The molecule has 0 aliphatic heterocycles. The summed E-state index contributed by atoms with van der Waals surface area (Å²) in [6, 6.07) is 4.52. The molecule has 0 spiro atoms. The van der Waals surface area contributed by atoms with Crippen molar-refractivity contribution in [1.29, 1.82) is 0 Å². The molecule has 1 heterocycles. The molecule has 0 bridgehead atoms. The molecule has 3 nitrogen and oxygen atoms in total. The molecule has 1 aromatic heterocycles. The molecule has 0 aliphatic carbocycles. The monoisotopic (exact) mass is 212 g/mol. The second kappa shape index (κ2) is 5.78. The van der Waals surface area contributed by atoms with E-state index in [0.29, 0.717) is 12.6 Å². The first kappa shape index (κ1) is 11.2.